The quantitative estimate of drug-likeness (QED) is 0.265. The maximum atomic E-state index is 6.60. The van der Waals surface area contributed by atoms with Gasteiger partial charge in [0.25, 0.3) is 0 Å². The van der Waals surface area contributed by atoms with Crippen molar-refractivity contribution in [3.05, 3.63) is 108 Å². The highest BCUT2D eigenvalue weighted by atomic mass is 35.5. The molecule has 2 aromatic heterocycles. The van der Waals surface area contributed by atoms with Crippen LogP contribution in [-0.2, 0) is 0 Å². The number of rotatable bonds is 2. The monoisotopic (exact) mass is 444 g/mol. The summed E-state index contributed by atoms with van der Waals surface area (Å²) in [5.74, 6) is 0. The van der Waals surface area contributed by atoms with Gasteiger partial charge in [0.15, 0.2) is 0 Å². The number of fused-ring (bicyclic) bond motifs is 6. The van der Waals surface area contributed by atoms with Crippen molar-refractivity contribution in [2.75, 3.05) is 0 Å². The highest BCUT2D eigenvalue weighted by Gasteiger charge is 2.16. The molecule has 0 bridgehead atoms. The van der Waals surface area contributed by atoms with Gasteiger partial charge in [-0.1, -0.05) is 84.4 Å². The molecule has 0 radical (unpaired) electrons. The van der Waals surface area contributed by atoms with Crippen molar-refractivity contribution in [3.63, 3.8) is 0 Å². The smallest absolute Gasteiger partial charge is 0.144 e. The molecule has 0 aliphatic carbocycles. The molecule has 0 aliphatic rings. The summed E-state index contributed by atoms with van der Waals surface area (Å²) in [5.41, 5.74) is 7.70. The molecule has 7 aromatic rings. The number of benzene rings is 5. The molecule has 0 aliphatic heterocycles. The molecule has 7 rings (SSSR count). The Hall–Kier alpha value is -4.01. The van der Waals surface area contributed by atoms with Gasteiger partial charge in [-0.05, 0) is 41.5 Å². The number of halogens is 1. The fraction of sp³-hybridized carbons (Fsp3) is 0. The van der Waals surface area contributed by atoms with Gasteiger partial charge in [0, 0.05) is 32.7 Å². The minimum Gasteiger partial charge on any atom is -0.455 e. The minimum absolute atomic E-state index is 0.696. The Morgan fingerprint density at radius 3 is 1.91 bits per heavy atom. The van der Waals surface area contributed by atoms with E-state index in [0.29, 0.717) is 5.02 Å². The zero-order chi connectivity index (χ0) is 21.9. The summed E-state index contributed by atoms with van der Waals surface area (Å²) in [6.45, 7) is 0. The molecule has 5 aromatic carbocycles. The first-order valence-electron chi connectivity index (χ1n) is 10.9. The zero-order valence-electron chi connectivity index (χ0n) is 17.5. The molecule has 33 heavy (non-hydrogen) atoms. The Bertz CT molecular complexity index is 1840. The fourth-order valence-electron chi connectivity index (χ4n) is 4.84. The van der Waals surface area contributed by atoms with E-state index in [-0.39, 0.29) is 0 Å². The normalized spacial score (nSPS) is 11.8. The number of para-hydroxylation sites is 3. The number of hydrogen-bond acceptors (Lipinski definition) is 2. The third-order valence-electron chi connectivity index (χ3n) is 6.36. The first-order valence-corrected chi connectivity index (χ1v) is 11.3. The van der Waals surface area contributed by atoms with Crippen molar-refractivity contribution >= 4 is 55.5 Å². The van der Waals surface area contributed by atoms with Gasteiger partial charge < -0.3 is 8.83 Å². The highest BCUT2D eigenvalue weighted by molar-refractivity contribution is 6.38. The molecule has 0 fully saturated rings. The lowest BCUT2D eigenvalue weighted by molar-refractivity contribution is 0.670. The van der Waals surface area contributed by atoms with Gasteiger partial charge in [-0.25, -0.2) is 0 Å². The van der Waals surface area contributed by atoms with Gasteiger partial charge in [-0.3, -0.25) is 0 Å². The third-order valence-corrected chi connectivity index (χ3v) is 6.68. The van der Waals surface area contributed by atoms with Crippen LogP contribution < -0.4 is 0 Å². The second-order valence-electron chi connectivity index (χ2n) is 8.26. The molecule has 3 heteroatoms. The molecule has 0 saturated carbocycles. The summed E-state index contributed by atoms with van der Waals surface area (Å²) >= 11 is 6.60. The van der Waals surface area contributed by atoms with E-state index in [4.69, 9.17) is 20.4 Å². The van der Waals surface area contributed by atoms with Crippen molar-refractivity contribution in [2.24, 2.45) is 0 Å². The molecule has 156 valence electrons. The average molecular weight is 445 g/mol. The molecule has 0 saturated heterocycles. The predicted octanol–water partition coefficient (Wildman–Crippen LogP) is 9.47. The van der Waals surface area contributed by atoms with Crippen LogP contribution in [0.4, 0.5) is 0 Å². The van der Waals surface area contributed by atoms with Crippen LogP contribution in [0.15, 0.2) is 112 Å². The molecule has 2 nitrogen and oxygen atoms in total. The topological polar surface area (TPSA) is 26.3 Å². The Morgan fingerprint density at radius 1 is 0.485 bits per heavy atom. The maximum Gasteiger partial charge on any atom is 0.144 e. The average Bonchev–Trinajstić information content (AvgIpc) is 3.43. The van der Waals surface area contributed by atoms with E-state index >= 15 is 0 Å². The molecule has 0 unspecified atom stereocenters. The summed E-state index contributed by atoms with van der Waals surface area (Å²) < 4.78 is 12.5. The van der Waals surface area contributed by atoms with E-state index in [1.807, 2.05) is 48.5 Å². The standard InChI is InChI=1S/C30H17ClO2/c31-25-16-15-21(30-28(25)24-10-2-4-14-27(24)33-30)19-8-5-7-18(17-19)20-11-6-12-23-22-9-1-3-13-26(22)32-29(20)23/h1-17H. The van der Waals surface area contributed by atoms with E-state index < -0.39 is 0 Å². The fourth-order valence-corrected chi connectivity index (χ4v) is 5.09. The van der Waals surface area contributed by atoms with E-state index in [2.05, 4.69) is 54.6 Å². The first kappa shape index (κ1) is 18.6. The van der Waals surface area contributed by atoms with Gasteiger partial charge in [0.1, 0.15) is 22.3 Å². The lowest BCUT2D eigenvalue weighted by atomic mass is 9.96. The van der Waals surface area contributed by atoms with Crippen molar-refractivity contribution < 1.29 is 8.83 Å². The molecular formula is C30H17ClO2. The zero-order valence-corrected chi connectivity index (χ0v) is 18.3. The highest BCUT2D eigenvalue weighted by Crippen LogP contribution is 2.41. The lowest BCUT2D eigenvalue weighted by Gasteiger charge is -2.08. The van der Waals surface area contributed by atoms with Crippen molar-refractivity contribution in [1.29, 1.82) is 0 Å². The van der Waals surface area contributed by atoms with Gasteiger partial charge in [0.05, 0.1) is 5.02 Å². The molecule has 0 atom stereocenters. The minimum atomic E-state index is 0.696. The number of furan rings is 2. The van der Waals surface area contributed by atoms with E-state index in [1.165, 1.54) is 0 Å². The summed E-state index contributed by atoms with van der Waals surface area (Å²) in [5, 5.41) is 4.94. The molecule has 0 amide bonds. The van der Waals surface area contributed by atoms with Crippen LogP contribution in [-0.4, -0.2) is 0 Å². The Balaban J connectivity index is 1.46. The predicted molar refractivity (Wildman–Crippen MR) is 137 cm³/mol. The van der Waals surface area contributed by atoms with Crippen molar-refractivity contribution in [2.45, 2.75) is 0 Å². The molecular weight excluding hydrogens is 428 g/mol. The third kappa shape index (κ3) is 2.75. The van der Waals surface area contributed by atoms with Crippen molar-refractivity contribution in [3.8, 4) is 22.3 Å². The summed E-state index contributed by atoms with van der Waals surface area (Å²) in [6.07, 6.45) is 0. The second-order valence-corrected chi connectivity index (χ2v) is 8.67. The molecule has 0 spiro atoms. The van der Waals surface area contributed by atoms with Crippen LogP contribution in [0.5, 0.6) is 0 Å². The van der Waals surface area contributed by atoms with Crippen LogP contribution in [0.1, 0.15) is 0 Å². The van der Waals surface area contributed by atoms with Crippen LogP contribution in [0, 0.1) is 0 Å². The maximum absolute atomic E-state index is 6.60. The SMILES string of the molecule is Clc1ccc(-c2cccc(-c3cccc4c3oc3ccccc34)c2)c2oc3ccccc3c12. The van der Waals surface area contributed by atoms with E-state index in [0.717, 1.165) is 66.1 Å². The second kappa shape index (κ2) is 6.99. The summed E-state index contributed by atoms with van der Waals surface area (Å²) in [6, 6.07) is 35.0. The van der Waals surface area contributed by atoms with Gasteiger partial charge >= 0.3 is 0 Å². The number of hydrogen-bond donors (Lipinski definition) is 0. The molecule has 2 heterocycles. The van der Waals surface area contributed by atoms with Crippen LogP contribution in [0.3, 0.4) is 0 Å². The van der Waals surface area contributed by atoms with E-state index in [9.17, 15) is 0 Å². The van der Waals surface area contributed by atoms with Crippen LogP contribution in [0.25, 0.3) is 66.1 Å². The lowest BCUT2D eigenvalue weighted by Crippen LogP contribution is -1.83. The Morgan fingerprint density at radius 2 is 1.09 bits per heavy atom. The Kier molecular flexibility index (Phi) is 3.93. The van der Waals surface area contributed by atoms with Gasteiger partial charge in [-0.2, -0.15) is 0 Å². The summed E-state index contributed by atoms with van der Waals surface area (Å²) in [4.78, 5) is 0. The van der Waals surface area contributed by atoms with Crippen LogP contribution >= 0.6 is 11.6 Å². The van der Waals surface area contributed by atoms with Crippen LogP contribution in [0.2, 0.25) is 5.02 Å². The van der Waals surface area contributed by atoms with Gasteiger partial charge in [0.2, 0.25) is 0 Å². The first-order chi connectivity index (χ1) is 16.3. The largest absolute Gasteiger partial charge is 0.455 e. The van der Waals surface area contributed by atoms with E-state index in [1.54, 1.807) is 0 Å². The molecule has 0 N–H and O–H groups in total. The Labute approximate surface area is 194 Å². The van der Waals surface area contributed by atoms with Gasteiger partial charge in [-0.15, -0.1) is 0 Å². The van der Waals surface area contributed by atoms with Crippen molar-refractivity contribution in [1.82, 2.24) is 0 Å². The summed E-state index contributed by atoms with van der Waals surface area (Å²) in [7, 11) is 0.